The number of ether oxygens (including phenoxy) is 1. The van der Waals surface area contributed by atoms with Gasteiger partial charge in [0.25, 0.3) is 12.3 Å². The first-order valence-electron chi connectivity index (χ1n) is 10.4. The molecule has 1 aromatic carbocycles. The first kappa shape index (κ1) is 27.3. The standard InChI is InChI=1S/C22H22F6N6OS/c1-21(19(25)26,36-20(29)30-3)8-11-6-12(7-13(23)16(11)24)33-18-17-14(4-5-31-18)34-15(9-32-17)35-10-22(2,27)28/h4-7,9,19H,8,10H2,1-3H3,(H2,29,30)(H,31,33)/t21-/m1/s1. The Morgan fingerprint density at radius 2 is 1.94 bits per heavy atom. The van der Waals surface area contributed by atoms with Crippen LogP contribution in [0.25, 0.3) is 11.0 Å². The Balaban J connectivity index is 1.92. The van der Waals surface area contributed by atoms with E-state index in [4.69, 9.17) is 10.5 Å². The highest BCUT2D eigenvalue weighted by molar-refractivity contribution is 8.15. The highest BCUT2D eigenvalue weighted by atomic mass is 32.2. The van der Waals surface area contributed by atoms with Gasteiger partial charge in [0.05, 0.1) is 16.5 Å². The molecule has 0 radical (unpaired) electrons. The molecule has 0 amide bonds. The first-order valence-corrected chi connectivity index (χ1v) is 11.2. The minimum absolute atomic E-state index is 0.00963. The number of rotatable bonds is 9. The van der Waals surface area contributed by atoms with E-state index in [1.54, 1.807) is 0 Å². The van der Waals surface area contributed by atoms with Crippen LogP contribution in [0.4, 0.5) is 37.8 Å². The molecule has 0 saturated heterocycles. The zero-order valence-corrected chi connectivity index (χ0v) is 20.1. The van der Waals surface area contributed by atoms with Crippen molar-refractivity contribution < 1.29 is 31.1 Å². The summed E-state index contributed by atoms with van der Waals surface area (Å²) in [5.74, 6) is -5.68. The van der Waals surface area contributed by atoms with Gasteiger partial charge in [-0.15, -0.1) is 0 Å². The number of nitrogens with zero attached hydrogens (tertiary/aromatic N) is 4. The van der Waals surface area contributed by atoms with Gasteiger partial charge in [0.2, 0.25) is 5.88 Å². The van der Waals surface area contributed by atoms with Crippen molar-refractivity contribution in [1.29, 1.82) is 0 Å². The van der Waals surface area contributed by atoms with E-state index in [0.29, 0.717) is 18.7 Å². The molecule has 14 heteroatoms. The van der Waals surface area contributed by atoms with E-state index < -0.39 is 41.8 Å². The van der Waals surface area contributed by atoms with Crippen molar-refractivity contribution in [3.05, 3.63) is 47.8 Å². The van der Waals surface area contributed by atoms with Crippen molar-refractivity contribution in [2.75, 3.05) is 19.0 Å². The second-order valence-corrected chi connectivity index (χ2v) is 9.66. The fraction of sp³-hybridized carbons (Fsp3) is 0.364. The maximum absolute atomic E-state index is 14.6. The Morgan fingerprint density at radius 1 is 1.22 bits per heavy atom. The number of fused-ring (bicyclic) bond motifs is 1. The Bertz CT molecular complexity index is 1270. The molecule has 2 heterocycles. The first-order chi connectivity index (χ1) is 16.8. The molecule has 0 bridgehead atoms. The number of nitrogens with one attached hydrogen (secondary N) is 1. The second-order valence-electron chi connectivity index (χ2n) is 8.10. The number of amidine groups is 1. The molecule has 194 valence electrons. The van der Waals surface area contributed by atoms with Crippen molar-refractivity contribution in [3.63, 3.8) is 0 Å². The van der Waals surface area contributed by atoms with E-state index in [1.165, 1.54) is 32.3 Å². The van der Waals surface area contributed by atoms with E-state index in [2.05, 4.69) is 25.3 Å². The largest absolute Gasteiger partial charge is 0.470 e. The smallest absolute Gasteiger partial charge is 0.278 e. The zero-order valence-electron chi connectivity index (χ0n) is 19.3. The van der Waals surface area contributed by atoms with E-state index >= 15 is 0 Å². The highest BCUT2D eigenvalue weighted by Crippen LogP contribution is 2.37. The molecule has 3 N–H and O–H groups in total. The summed E-state index contributed by atoms with van der Waals surface area (Å²) in [4.78, 5) is 16.0. The van der Waals surface area contributed by atoms with Gasteiger partial charge in [0.15, 0.2) is 29.2 Å². The third-order valence-electron chi connectivity index (χ3n) is 4.84. The average Bonchev–Trinajstić information content (AvgIpc) is 2.80. The second kappa shape index (κ2) is 10.8. The van der Waals surface area contributed by atoms with Crippen molar-refractivity contribution in [3.8, 4) is 5.88 Å². The van der Waals surface area contributed by atoms with Gasteiger partial charge in [-0.3, -0.25) is 4.99 Å². The lowest BCUT2D eigenvalue weighted by molar-refractivity contribution is -0.0242. The highest BCUT2D eigenvalue weighted by Gasteiger charge is 2.38. The predicted octanol–water partition coefficient (Wildman–Crippen LogP) is 5.32. The summed E-state index contributed by atoms with van der Waals surface area (Å²) >= 11 is 0.562. The molecule has 36 heavy (non-hydrogen) atoms. The lowest BCUT2D eigenvalue weighted by atomic mass is 9.99. The molecule has 3 rings (SSSR count). The van der Waals surface area contributed by atoms with E-state index in [-0.39, 0.29) is 39.1 Å². The van der Waals surface area contributed by atoms with Gasteiger partial charge in [0.1, 0.15) is 5.52 Å². The Kier molecular flexibility index (Phi) is 8.16. The number of thioether (sulfide) groups is 1. The Morgan fingerprint density at radius 3 is 2.58 bits per heavy atom. The number of hydrogen-bond donors (Lipinski definition) is 2. The summed E-state index contributed by atoms with van der Waals surface area (Å²) < 4.78 is 85.8. The minimum Gasteiger partial charge on any atom is -0.470 e. The topological polar surface area (TPSA) is 98.3 Å². The fourth-order valence-corrected chi connectivity index (χ4v) is 3.98. The summed E-state index contributed by atoms with van der Waals surface area (Å²) in [6.07, 6.45) is -1.05. The number of pyridine rings is 1. The van der Waals surface area contributed by atoms with Gasteiger partial charge in [-0.05, 0) is 31.0 Å². The van der Waals surface area contributed by atoms with Crippen LogP contribution < -0.4 is 15.8 Å². The van der Waals surface area contributed by atoms with Crippen LogP contribution in [0.3, 0.4) is 0 Å². The van der Waals surface area contributed by atoms with Crippen LogP contribution in [0, 0.1) is 11.6 Å². The van der Waals surface area contributed by atoms with Gasteiger partial charge >= 0.3 is 0 Å². The lowest BCUT2D eigenvalue weighted by Crippen LogP contribution is -2.36. The van der Waals surface area contributed by atoms with E-state index in [1.807, 2.05) is 0 Å². The van der Waals surface area contributed by atoms with Crippen molar-refractivity contribution in [2.45, 2.75) is 37.4 Å². The van der Waals surface area contributed by atoms with Crippen molar-refractivity contribution in [1.82, 2.24) is 15.0 Å². The molecule has 0 aliphatic heterocycles. The number of alkyl halides is 4. The number of aromatic nitrogens is 3. The van der Waals surface area contributed by atoms with Gasteiger partial charge in [-0.1, -0.05) is 11.8 Å². The molecular weight excluding hydrogens is 510 g/mol. The Hall–Kier alpha value is -3.29. The van der Waals surface area contributed by atoms with Crippen LogP contribution in [0.2, 0.25) is 0 Å². The fourth-order valence-electron chi connectivity index (χ4n) is 3.09. The molecule has 0 aliphatic rings. The number of hydrogen-bond acceptors (Lipinski definition) is 7. The average molecular weight is 533 g/mol. The number of nitrogens with two attached hydrogens (primary N) is 1. The predicted molar refractivity (Wildman–Crippen MR) is 126 cm³/mol. The monoisotopic (exact) mass is 532 g/mol. The molecule has 0 spiro atoms. The SMILES string of the molecule is C/N=C(/N)S[C@](C)(Cc1cc(Nc2nccc3nc(OCC(C)(F)F)cnc23)cc(F)c1F)C(F)F. The summed E-state index contributed by atoms with van der Waals surface area (Å²) in [7, 11) is 1.33. The van der Waals surface area contributed by atoms with Crippen LogP contribution in [-0.4, -0.2) is 50.9 Å². The lowest BCUT2D eigenvalue weighted by Gasteiger charge is -2.28. The van der Waals surface area contributed by atoms with E-state index in [0.717, 1.165) is 12.3 Å². The number of aliphatic imine (C=N–C) groups is 1. The molecule has 7 nitrogen and oxygen atoms in total. The van der Waals surface area contributed by atoms with E-state index in [9.17, 15) is 26.3 Å². The Labute approximate surface area is 206 Å². The molecule has 3 aromatic rings. The molecule has 0 aliphatic carbocycles. The van der Waals surface area contributed by atoms with Gasteiger partial charge in [0, 0.05) is 31.9 Å². The van der Waals surface area contributed by atoms with Gasteiger partial charge < -0.3 is 15.8 Å². The molecule has 0 saturated carbocycles. The molecule has 1 atom stereocenters. The summed E-state index contributed by atoms with van der Waals surface area (Å²) in [5, 5.41) is 2.65. The normalized spacial score (nSPS) is 14.2. The van der Waals surface area contributed by atoms with Crippen LogP contribution in [0.1, 0.15) is 19.4 Å². The number of anilines is 2. The summed E-state index contributed by atoms with van der Waals surface area (Å²) in [5.41, 5.74) is 5.68. The van der Waals surface area contributed by atoms with Crippen molar-refractivity contribution >= 4 is 39.5 Å². The van der Waals surface area contributed by atoms with Crippen LogP contribution in [-0.2, 0) is 6.42 Å². The zero-order chi connectivity index (χ0) is 26.7. The molecule has 2 aromatic heterocycles. The van der Waals surface area contributed by atoms with Crippen LogP contribution in [0.15, 0.2) is 35.6 Å². The maximum atomic E-state index is 14.6. The third kappa shape index (κ3) is 6.68. The summed E-state index contributed by atoms with van der Waals surface area (Å²) in [6, 6.07) is 3.46. The molecule has 0 fully saturated rings. The molecular formula is C22H22F6N6OS. The number of halogens is 6. The molecule has 0 unspecified atom stereocenters. The third-order valence-corrected chi connectivity index (χ3v) is 6.02. The van der Waals surface area contributed by atoms with Crippen LogP contribution >= 0.6 is 11.8 Å². The summed E-state index contributed by atoms with van der Waals surface area (Å²) in [6.45, 7) is 0.971. The van der Waals surface area contributed by atoms with Gasteiger partial charge in [-0.25, -0.2) is 41.3 Å². The quantitative estimate of drug-likeness (QED) is 0.219. The van der Waals surface area contributed by atoms with Crippen LogP contribution in [0.5, 0.6) is 5.88 Å². The maximum Gasteiger partial charge on any atom is 0.278 e. The minimum atomic E-state index is -3.07. The number of benzene rings is 1. The van der Waals surface area contributed by atoms with Crippen molar-refractivity contribution in [2.24, 2.45) is 10.7 Å². The van der Waals surface area contributed by atoms with Gasteiger partial charge in [-0.2, -0.15) is 0 Å².